The summed E-state index contributed by atoms with van der Waals surface area (Å²) in [6, 6.07) is 0.366. The van der Waals surface area contributed by atoms with Gasteiger partial charge in [0.05, 0.1) is 18.9 Å². The molecule has 25 heavy (non-hydrogen) atoms. The number of ether oxygens (including phenoxy) is 1. The van der Waals surface area contributed by atoms with Crippen molar-refractivity contribution >= 4 is 5.91 Å². The molecule has 3 rings (SSSR count). The lowest BCUT2D eigenvalue weighted by Crippen LogP contribution is -2.26. The fourth-order valence-corrected chi connectivity index (χ4v) is 4.18. The second-order valence-electron chi connectivity index (χ2n) is 7.86. The van der Waals surface area contributed by atoms with Crippen LogP contribution in [0.2, 0.25) is 0 Å². The Hall–Kier alpha value is -1.36. The molecule has 1 amide bonds. The molecule has 0 aromatic carbocycles. The molecule has 0 radical (unpaired) electrons. The van der Waals surface area contributed by atoms with Crippen molar-refractivity contribution in [1.29, 1.82) is 0 Å². The molecule has 0 unspecified atom stereocenters. The van der Waals surface area contributed by atoms with Crippen molar-refractivity contribution in [3.8, 4) is 0 Å². The molecule has 1 aromatic rings. The molecule has 1 aromatic heterocycles. The Morgan fingerprint density at radius 2 is 2.12 bits per heavy atom. The number of aromatic nitrogens is 2. The highest BCUT2D eigenvalue weighted by atomic mass is 16.5. The number of hydrogen-bond donors (Lipinski definition) is 1. The average Bonchev–Trinajstić information content (AvgIpc) is 3.00. The topological polar surface area (TPSA) is 56.2 Å². The fraction of sp³-hybridized carbons (Fsp3) is 0.800. The van der Waals surface area contributed by atoms with Gasteiger partial charge in [0.15, 0.2) is 0 Å². The molecule has 140 valence electrons. The van der Waals surface area contributed by atoms with Crippen molar-refractivity contribution < 1.29 is 9.53 Å². The quantitative estimate of drug-likeness (QED) is 0.820. The summed E-state index contributed by atoms with van der Waals surface area (Å²) < 4.78 is 7.76. The Labute approximate surface area is 151 Å². The summed E-state index contributed by atoms with van der Waals surface area (Å²) in [5.41, 5.74) is 3.66. The lowest BCUT2D eigenvalue weighted by atomic mass is 9.86. The summed E-state index contributed by atoms with van der Waals surface area (Å²) in [5, 5.41) is 7.88. The van der Waals surface area contributed by atoms with Crippen LogP contribution in [0.4, 0.5) is 0 Å². The zero-order valence-corrected chi connectivity index (χ0v) is 15.9. The molecule has 5 nitrogen and oxygen atoms in total. The van der Waals surface area contributed by atoms with Crippen molar-refractivity contribution in [2.24, 2.45) is 5.92 Å². The molecule has 1 aliphatic heterocycles. The van der Waals surface area contributed by atoms with Crippen molar-refractivity contribution in [2.45, 2.75) is 84.3 Å². The maximum absolute atomic E-state index is 12.1. The fourth-order valence-electron chi connectivity index (χ4n) is 4.18. The summed E-state index contributed by atoms with van der Waals surface area (Å²) in [5.74, 6) is 0.962. The van der Waals surface area contributed by atoms with E-state index in [9.17, 15) is 4.79 Å². The monoisotopic (exact) mass is 347 g/mol. The van der Waals surface area contributed by atoms with Crippen molar-refractivity contribution in [2.75, 3.05) is 13.2 Å². The molecule has 1 aliphatic carbocycles. The minimum atomic E-state index is 0.194. The van der Waals surface area contributed by atoms with E-state index in [1.165, 1.54) is 43.4 Å². The van der Waals surface area contributed by atoms with E-state index in [2.05, 4.69) is 23.8 Å². The maximum Gasteiger partial charge on any atom is 0.220 e. The third-order valence-electron chi connectivity index (χ3n) is 5.61. The minimum Gasteiger partial charge on any atom is -0.376 e. The number of carbonyl (C=O) groups excluding carboxylic acids is 1. The van der Waals surface area contributed by atoms with E-state index in [1.54, 1.807) is 0 Å². The summed E-state index contributed by atoms with van der Waals surface area (Å²) in [6.45, 7) is 6.44. The lowest BCUT2D eigenvalue weighted by molar-refractivity contribution is -0.121. The van der Waals surface area contributed by atoms with Crippen LogP contribution in [0.25, 0.3) is 0 Å². The van der Waals surface area contributed by atoms with Gasteiger partial charge in [0.1, 0.15) is 0 Å². The van der Waals surface area contributed by atoms with Crippen LogP contribution in [-0.4, -0.2) is 28.8 Å². The van der Waals surface area contributed by atoms with Gasteiger partial charge in [-0.3, -0.25) is 9.48 Å². The Bertz CT molecular complexity index is 574. The molecule has 1 fully saturated rings. The van der Waals surface area contributed by atoms with Gasteiger partial charge in [-0.05, 0) is 26.2 Å². The first-order valence-corrected chi connectivity index (χ1v) is 10.1. The van der Waals surface area contributed by atoms with Gasteiger partial charge in [-0.2, -0.15) is 5.10 Å². The molecule has 0 atom stereocenters. The maximum atomic E-state index is 12.1. The van der Waals surface area contributed by atoms with Crippen molar-refractivity contribution in [1.82, 2.24) is 15.1 Å². The van der Waals surface area contributed by atoms with E-state index >= 15 is 0 Å². The number of nitrogens with one attached hydrogen (secondary N) is 1. The van der Waals surface area contributed by atoms with Crippen LogP contribution in [0.5, 0.6) is 0 Å². The smallest absolute Gasteiger partial charge is 0.220 e. The second-order valence-corrected chi connectivity index (χ2v) is 7.86. The summed E-state index contributed by atoms with van der Waals surface area (Å²) in [4.78, 5) is 12.1. The lowest BCUT2D eigenvalue weighted by Gasteiger charge is -2.20. The first kappa shape index (κ1) is 18.4. The first-order valence-electron chi connectivity index (χ1n) is 10.1. The highest BCUT2D eigenvalue weighted by Gasteiger charge is 2.22. The van der Waals surface area contributed by atoms with Gasteiger partial charge in [-0.1, -0.05) is 32.1 Å². The van der Waals surface area contributed by atoms with Crippen LogP contribution in [0, 0.1) is 5.92 Å². The number of hydrogen-bond acceptors (Lipinski definition) is 3. The third kappa shape index (κ3) is 4.84. The van der Waals surface area contributed by atoms with Gasteiger partial charge in [-0.25, -0.2) is 0 Å². The van der Waals surface area contributed by atoms with Crippen LogP contribution in [0.1, 0.15) is 81.8 Å². The average molecular weight is 348 g/mol. The van der Waals surface area contributed by atoms with Gasteiger partial charge in [-0.15, -0.1) is 0 Å². The highest BCUT2D eigenvalue weighted by Crippen LogP contribution is 2.27. The highest BCUT2D eigenvalue weighted by molar-refractivity contribution is 5.75. The van der Waals surface area contributed by atoms with Gasteiger partial charge < -0.3 is 10.1 Å². The van der Waals surface area contributed by atoms with E-state index < -0.39 is 0 Å². The Balaban J connectivity index is 1.46. The van der Waals surface area contributed by atoms with Crippen LogP contribution in [-0.2, 0) is 29.0 Å². The molecule has 2 heterocycles. The standard InChI is InChI=1S/C20H33N3O2/c1-15(2)23-19-11-13-25-14-17(19)18(22-23)10-12-21-20(24)9-8-16-6-4-3-5-7-16/h15-16H,3-14H2,1-2H3,(H,21,24). The molecular weight excluding hydrogens is 314 g/mol. The van der Waals surface area contributed by atoms with Gasteiger partial charge in [0.25, 0.3) is 0 Å². The first-order chi connectivity index (χ1) is 12.1. The summed E-state index contributed by atoms with van der Waals surface area (Å²) in [7, 11) is 0. The van der Waals surface area contributed by atoms with E-state index in [-0.39, 0.29) is 5.91 Å². The van der Waals surface area contributed by atoms with Crippen molar-refractivity contribution in [3.05, 3.63) is 17.0 Å². The Morgan fingerprint density at radius 1 is 1.32 bits per heavy atom. The predicted molar refractivity (Wildman–Crippen MR) is 98.5 cm³/mol. The molecule has 1 saturated carbocycles. The van der Waals surface area contributed by atoms with E-state index in [0.717, 1.165) is 37.5 Å². The number of rotatable bonds is 7. The molecule has 0 saturated heterocycles. The predicted octanol–water partition coefficient (Wildman–Crippen LogP) is 3.56. The minimum absolute atomic E-state index is 0.194. The van der Waals surface area contributed by atoms with Gasteiger partial charge in [0.2, 0.25) is 5.91 Å². The zero-order valence-electron chi connectivity index (χ0n) is 15.9. The molecule has 2 aliphatic rings. The Kier molecular flexibility index (Phi) is 6.51. The SMILES string of the molecule is CC(C)n1nc(CCNC(=O)CCC2CCCCC2)c2c1CCOC2. The van der Waals surface area contributed by atoms with Crippen LogP contribution < -0.4 is 5.32 Å². The summed E-state index contributed by atoms with van der Waals surface area (Å²) in [6.07, 6.45) is 10.1. The number of fused-ring (bicyclic) bond motifs is 1. The Morgan fingerprint density at radius 3 is 2.88 bits per heavy atom. The molecule has 0 bridgehead atoms. The van der Waals surface area contributed by atoms with Crippen LogP contribution in [0.15, 0.2) is 0 Å². The van der Waals surface area contributed by atoms with Gasteiger partial charge >= 0.3 is 0 Å². The number of carbonyl (C=O) groups is 1. The molecule has 5 heteroatoms. The van der Waals surface area contributed by atoms with E-state index in [4.69, 9.17) is 9.84 Å². The van der Waals surface area contributed by atoms with E-state index in [1.807, 2.05) is 0 Å². The number of nitrogens with zero attached hydrogens (tertiary/aromatic N) is 2. The second kappa shape index (κ2) is 8.84. The summed E-state index contributed by atoms with van der Waals surface area (Å²) >= 11 is 0. The molecule has 0 spiro atoms. The van der Waals surface area contributed by atoms with Crippen LogP contribution in [0.3, 0.4) is 0 Å². The third-order valence-corrected chi connectivity index (χ3v) is 5.61. The number of amides is 1. The molecule has 1 N–H and O–H groups in total. The zero-order chi connectivity index (χ0) is 17.6. The normalized spacial score (nSPS) is 18.4. The van der Waals surface area contributed by atoms with Crippen LogP contribution >= 0.6 is 0 Å². The van der Waals surface area contributed by atoms with Crippen molar-refractivity contribution in [3.63, 3.8) is 0 Å². The largest absolute Gasteiger partial charge is 0.376 e. The molecular formula is C20H33N3O2. The van der Waals surface area contributed by atoms with Gasteiger partial charge in [0, 0.05) is 43.1 Å². The van der Waals surface area contributed by atoms with E-state index in [0.29, 0.717) is 25.6 Å².